The SMILES string of the molecule is Cc1cc(F)oc1C. The molecule has 8 heavy (non-hydrogen) atoms. The maximum atomic E-state index is 12.0. The number of hydrogen-bond acceptors (Lipinski definition) is 1. The predicted molar refractivity (Wildman–Crippen MR) is 28.1 cm³/mol. The maximum absolute atomic E-state index is 12.0. The Balaban J connectivity index is 3.14. The number of aryl methyl sites for hydroxylation is 2. The molecule has 1 heterocycles. The third-order valence-electron chi connectivity index (χ3n) is 1.14. The standard InChI is InChI=1S/C6H7FO/c1-4-3-6(7)8-5(4)2/h3H,1-2H3. The second kappa shape index (κ2) is 1.62. The van der Waals surface area contributed by atoms with Gasteiger partial charge in [0, 0.05) is 6.07 Å². The molecule has 0 spiro atoms. The number of halogens is 1. The molecule has 0 bridgehead atoms. The van der Waals surface area contributed by atoms with Crippen molar-refractivity contribution in [1.29, 1.82) is 0 Å². The molecule has 1 aromatic heterocycles. The molecule has 0 aliphatic carbocycles. The van der Waals surface area contributed by atoms with E-state index >= 15 is 0 Å². The van der Waals surface area contributed by atoms with Gasteiger partial charge in [0.2, 0.25) is 0 Å². The molecule has 0 fully saturated rings. The summed E-state index contributed by atoms with van der Waals surface area (Å²) in [5.41, 5.74) is 0.863. The van der Waals surface area contributed by atoms with E-state index in [1.807, 2.05) is 6.92 Å². The molecule has 0 atom stereocenters. The van der Waals surface area contributed by atoms with Gasteiger partial charge in [-0.3, -0.25) is 0 Å². The zero-order valence-electron chi connectivity index (χ0n) is 4.86. The fourth-order valence-electron chi connectivity index (χ4n) is 0.528. The van der Waals surface area contributed by atoms with Crippen molar-refractivity contribution in [2.24, 2.45) is 0 Å². The molecule has 0 amide bonds. The Labute approximate surface area is 47.1 Å². The molecule has 0 saturated heterocycles. The maximum Gasteiger partial charge on any atom is 0.278 e. The van der Waals surface area contributed by atoms with E-state index in [-0.39, 0.29) is 0 Å². The molecule has 1 rings (SSSR count). The van der Waals surface area contributed by atoms with Crippen molar-refractivity contribution in [1.82, 2.24) is 0 Å². The molecule has 0 aliphatic rings. The van der Waals surface area contributed by atoms with Gasteiger partial charge in [-0.1, -0.05) is 0 Å². The predicted octanol–water partition coefficient (Wildman–Crippen LogP) is 2.04. The van der Waals surface area contributed by atoms with Gasteiger partial charge in [0.15, 0.2) is 0 Å². The molecule has 0 saturated carbocycles. The van der Waals surface area contributed by atoms with Gasteiger partial charge in [0.1, 0.15) is 5.76 Å². The van der Waals surface area contributed by atoms with Crippen molar-refractivity contribution in [2.45, 2.75) is 13.8 Å². The van der Waals surface area contributed by atoms with Gasteiger partial charge in [-0.05, 0) is 19.4 Å². The van der Waals surface area contributed by atoms with Crippen LogP contribution in [0.3, 0.4) is 0 Å². The second-order valence-corrected chi connectivity index (χ2v) is 1.79. The van der Waals surface area contributed by atoms with Crippen LogP contribution >= 0.6 is 0 Å². The van der Waals surface area contributed by atoms with Crippen molar-refractivity contribution < 1.29 is 8.81 Å². The van der Waals surface area contributed by atoms with Gasteiger partial charge < -0.3 is 4.42 Å². The Bertz CT molecular complexity index is 171. The molecule has 0 aliphatic heterocycles. The van der Waals surface area contributed by atoms with E-state index in [1.165, 1.54) is 6.07 Å². The number of furan rings is 1. The lowest BCUT2D eigenvalue weighted by Gasteiger charge is -1.79. The van der Waals surface area contributed by atoms with Gasteiger partial charge in [-0.2, -0.15) is 4.39 Å². The molecule has 0 unspecified atom stereocenters. The van der Waals surface area contributed by atoms with E-state index in [0.717, 1.165) is 5.56 Å². The topological polar surface area (TPSA) is 13.1 Å². The lowest BCUT2D eigenvalue weighted by Crippen LogP contribution is -1.63. The van der Waals surface area contributed by atoms with Crippen molar-refractivity contribution in [2.75, 3.05) is 0 Å². The van der Waals surface area contributed by atoms with E-state index in [0.29, 0.717) is 5.76 Å². The average molecular weight is 114 g/mol. The summed E-state index contributed by atoms with van der Waals surface area (Å²) in [6.45, 7) is 3.54. The first-order chi connectivity index (χ1) is 3.70. The Hall–Kier alpha value is -0.790. The highest BCUT2D eigenvalue weighted by Gasteiger charge is 1.98. The summed E-state index contributed by atoms with van der Waals surface area (Å²) < 4.78 is 16.6. The molecule has 1 nitrogen and oxygen atoms in total. The fraction of sp³-hybridized carbons (Fsp3) is 0.333. The van der Waals surface area contributed by atoms with Gasteiger partial charge in [-0.15, -0.1) is 0 Å². The Morgan fingerprint density at radius 1 is 1.50 bits per heavy atom. The van der Waals surface area contributed by atoms with E-state index in [2.05, 4.69) is 4.42 Å². The highest BCUT2D eigenvalue weighted by atomic mass is 19.1. The third kappa shape index (κ3) is 0.735. The molecular formula is C6H7FO. The molecule has 0 N–H and O–H groups in total. The Morgan fingerprint density at radius 2 is 2.12 bits per heavy atom. The molecule has 0 aromatic carbocycles. The molecule has 1 aromatic rings. The summed E-state index contributed by atoms with van der Waals surface area (Å²) >= 11 is 0. The van der Waals surface area contributed by atoms with Crippen LogP contribution in [0, 0.1) is 19.9 Å². The Morgan fingerprint density at radius 3 is 2.25 bits per heavy atom. The average Bonchev–Trinajstić information content (AvgIpc) is 1.85. The van der Waals surface area contributed by atoms with Gasteiger partial charge in [0.05, 0.1) is 0 Å². The summed E-state index contributed by atoms with van der Waals surface area (Å²) in [5, 5.41) is 0. The minimum atomic E-state index is -0.500. The summed E-state index contributed by atoms with van der Waals surface area (Å²) in [6, 6.07) is 0.870. The summed E-state index contributed by atoms with van der Waals surface area (Å²) in [7, 11) is 0. The van der Waals surface area contributed by atoms with Gasteiger partial charge >= 0.3 is 0 Å². The summed E-state index contributed by atoms with van der Waals surface area (Å²) in [6.07, 6.45) is 0. The number of hydrogen-bond donors (Lipinski definition) is 0. The summed E-state index contributed by atoms with van der Waals surface area (Å²) in [4.78, 5) is 0. The highest BCUT2D eigenvalue weighted by Crippen LogP contribution is 2.10. The van der Waals surface area contributed by atoms with Crippen molar-refractivity contribution in [3.8, 4) is 0 Å². The largest absolute Gasteiger partial charge is 0.436 e. The van der Waals surface area contributed by atoms with Gasteiger partial charge in [0.25, 0.3) is 6.01 Å². The normalized spacial score (nSPS) is 9.88. The van der Waals surface area contributed by atoms with Crippen LogP contribution < -0.4 is 0 Å². The molecule has 44 valence electrons. The molecular weight excluding hydrogens is 107 g/mol. The Kier molecular flexibility index (Phi) is 1.08. The monoisotopic (exact) mass is 114 g/mol. The van der Waals surface area contributed by atoms with Crippen LogP contribution in [-0.2, 0) is 0 Å². The minimum absolute atomic E-state index is 0.500. The van der Waals surface area contributed by atoms with Crippen LogP contribution in [0.5, 0.6) is 0 Å². The third-order valence-corrected chi connectivity index (χ3v) is 1.14. The smallest absolute Gasteiger partial charge is 0.278 e. The van der Waals surface area contributed by atoms with Crippen LogP contribution in [-0.4, -0.2) is 0 Å². The lowest BCUT2D eigenvalue weighted by molar-refractivity contribution is 0.345. The van der Waals surface area contributed by atoms with E-state index in [9.17, 15) is 4.39 Å². The van der Waals surface area contributed by atoms with Crippen LogP contribution in [0.15, 0.2) is 10.5 Å². The first-order valence-electron chi connectivity index (χ1n) is 2.42. The van der Waals surface area contributed by atoms with Crippen LogP contribution in [0.25, 0.3) is 0 Å². The van der Waals surface area contributed by atoms with Crippen LogP contribution in [0.4, 0.5) is 4.39 Å². The van der Waals surface area contributed by atoms with Crippen molar-refractivity contribution >= 4 is 0 Å². The quantitative estimate of drug-likeness (QED) is 0.503. The van der Waals surface area contributed by atoms with Crippen LogP contribution in [0.1, 0.15) is 11.3 Å². The summed E-state index contributed by atoms with van der Waals surface area (Å²) in [5.74, 6) is 0.655. The second-order valence-electron chi connectivity index (χ2n) is 1.79. The van der Waals surface area contributed by atoms with Gasteiger partial charge in [-0.25, -0.2) is 0 Å². The van der Waals surface area contributed by atoms with Crippen molar-refractivity contribution in [3.05, 3.63) is 23.4 Å². The van der Waals surface area contributed by atoms with E-state index in [1.54, 1.807) is 6.92 Å². The first kappa shape index (κ1) is 5.35. The highest BCUT2D eigenvalue weighted by molar-refractivity contribution is 5.13. The van der Waals surface area contributed by atoms with Crippen LogP contribution in [0.2, 0.25) is 0 Å². The lowest BCUT2D eigenvalue weighted by atomic mass is 10.3. The molecule has 0 radical (unpaired) electrons. The zero-order valence-corrected chi connectivity index (χ0v) is 4.86. The minimum Gasteiger partial charge on any atom is -0.436 e. The van der Waals surface area contributed by atoms with Crippen molar-refractivity contribution in [3.63, 3.8) is 0 Å². The van der Waals surface area contributed by atoms with E-state index in [4.69, 9.17) is 0 Å². The molecule has 2 heteroatoms. The number of rotatable bonds is 0. The first-order valence-corrected chi connectivity index (χ1v) is 2.42. The zero-order chi connectivity index (χ0) is 6.15. The fourth-order valence-corrected chi connectivity index (χ4v) is 0.528. The van der Waals surface area contributed by atoms with E-state index < -0.39 is 6.01 Å².